The Balaban J connectivity index is 1.88. The maximum atomic E-state index is 9.95. The topological polar surface area (TPSA) is 50.1 Å². The minimum Gasteiger partial charge on any atom is -0.387 e. The van der Waals surface area contributed by atoms with E-state index in [9.17, 15) is 5.11 Å². The van der Waals surface area contributed by atoms with Crippen molar-refractivity contribution in [3.63, 3.8) is 0 Å². The van der Waals surface area contributed by atoms with Crippen LogP contribution >= 0.6 is 11.3 Å². The lowest BCUT2D eigenvalue weighted by Crippen LogP contribution is -2.25. The van der Waals surface area contributed by atoms with Gasteiger partial charge in [0.2, 0.25) is 0 Å². The van der Waals surface area contributed by atoms with Crippen molar-refractivity contribution >= 4 is 11.3 Å². The average Bonchev–Trinajstić information content (AvgIpc) is 2.95. The van der Waals surface area contributed by atoms with E-state index in [2.05, 4.69) is 17.3 Å². The van der Waals surface area contributed by atoms with Crippen LogP contribution in [0, 0.1) is 0 Å². The van der Waals surface area contributed by atoms with Crippen molar-refractivity contribution in [3.05, 3.63) is 40.3 Å². The van der Waals surface area contributed by atoms with Crippen LogP contribution in [0.25, 0.3) is 0 Å². The molecule has 2 rings (SSSR count). The number of nitrogens with one attached hydrogen (secondary N) is 1. The summed E-state index contributed by atoms with van der Waals surface area (Å²) in [5.74, 6) is 0. The molecule has 0 aliphatic rings. The Labute approximate surface area is 105 Å². The Hall–Kier alpha value is -1.17. The molecule has 2 aromatic heterocycles. The molecule has 92 valence electrons. The number of thiophene rings is 1. The Morgan fingerprint density at radius 2 is 2.35 bits per heavy atom. The first-order valence-electron chi connectivity index (χ1n) is 5.60. The lowest BCUT2D eigenvalue weighted by molar-refractivity contribution is 0.170. The summed E-state index contributed by atoms with van der Waals surface area (Å²) >= 11 is 1.60. The first kappa shape index (κ1) is 12.3. The zero-order valence-electron chi connectivity index (χ0n) is 10.00. The van der Waals surface area contributed by atoms with Gasteiger partial charge in [-0.05, 0) is 35.4 Å². The van der Waals surface area contributed by atoms with E-state index in [4.69, 9.17) is 0 Å². The summed E-state index contributed by atoms with van der Waals surface area (Å²) in [5, 5.41) is 21.3. The fourth-order valence-corrected chi connectivity index (χ4v) is 2.49. The quantitative estimate of drug-likeness (QED) is 0.853. The van der Waals surface area contributed by atoms with Crippen molar-refractivity contribution in [1.29, 1.82) is 0 Å². The molecule has 0 aliphatic heterocycles. The van der Waals surface area contributed by atoms with Crippen molar-refractivity contribution in [2.45, 2.75) is 19.1 Å². The summed E-state index contributed by atoms with van der Waals surface area (Å²) < 4.78 is 1.84. The largest absolute Gasteiger partial charge is 0.387 e. The summed E-state index contributed by atoms with van der Waals surface area (Å²) in [5.41, 5.74) is 2.09. The van der Waals surface area contributed by atoms with Gasteiger partial charge in [0.05, 0.1) is 11.8 Å². The Kier molecular flexibility index (Phi) is 3.93. The number of hydrogen-bond acceptors (Lipinski definition) is 4. The van der Waals surface area contributed by atoms with Crippen LogP contribution in [0.1, 0.15) is 30.3 Å². The monoisotopic (exact) mass is 251 g/mol. The van der Waals surface area contributed by atoms with Gasteiger partial charge >= 0.3 is 0 Å². The van der Waals surface area contributed by atoms with Crippen molar-refractivity contribution in [2.24, 2.45) is 7.05 Å². The van der Waals surface area contributed by atoms with Crippen LogP contribution in [0.15, 0.2) is 29.1 Å². The van der Waals surface area contributed by atoms with E-state index < -0.39 is 6.10 Å². The number of rotatable bonds is 5. The van der Waals surface area contributed by atoms with Gasteiger partial charge in [0.15, 0.2) is 0 Å². The number of aryl methyl sites for hydroxylation is 1. The van der Waals surface area contributed by atoms with Gasteiger partial charge in [0.25, 0.3) is 0 Å². The SMILES string of the molecule is CC(NCC(O)c1ccsc1)c1ccnn1C. The Bertz CT molecular complexity index is 452. The molecule has 0 fully saturated rings. The molecule has 0 bridgehead atoms. The highest BCUT2D eigenvalue weighted by atomic mass is 32.1. The van der Waals surface area contributed by atoms with Crippen LogP contribution in [-0.2, 0) is 7.05 Å². The highest BCUT2D eigenvalue weighted by molar-refractivity contribution is 7.07. The third-order valence-electron chi connectivity index (χ3n) is 2.85. The number of aliphatic hydroxyl groups excluding tert-OH is 1. The standard InChI is InChI=1S/C12H17N3OS/c1-9(11-3-5-14-15(11)2)13-7-12(16)10-4-6-17-8-10/h3-6,8-9,12-13,16H,7H2,1-2H3. The van der Waals surface area contributed by atoms with E-state index in [1.165, 1.54) is 0 Å². The molecule has 0 spiro atoms. The molecule has 2 heterocycles. The van der Waals surface area contributed by atoms with Crippen molar-refractivity contribution in [2.75, 3.05) is 6.54 Å². The maximum Gasteiger partial charge on any atom is 0.0922 e. The molecule has 0 saturated heterocycles. The van der Waals surface area contributed by atoms with Gasteiger partial charge in [-0.15, -0.1) is 0 Å². The number of nitrogens with zero attached hydrogens (tertiary/aromatic N) is 2. The first-order chi connectivity index (χ1) is 8.18. The van der Waals surface area contributed by atoms with Crippen LogP contribution in [0.5, 0.6) is 0 Å². The highest BCUT2D eigenvalue weighted by Gasteiger charge is 2.12. The predicted molar refractivity (Wildman–Crippen MR) is 68.9 cm³/mol. The van der Waals surface area contributed by atoms with Crippen LogP contribution in [0.2, 0.25) is 0 Å². The van der Waals surface area contributed by atoms with Crippen LogP contribution in [-0.4, -0.2) is 21.4 Å². The Morgan fingerprint density at radius 1 is 1.53 bits per heavy atom. The second-order valence-corrected chi connectivity index (χ2v) is 4.86. The van der Waals surface area contributed by atoms with Gasteiger partial charge in [-0.25, -0.2) is 0 Å². The molecule has 4 nitrogen and oxygen atoms in total. The number of aliphatic hydroxyl groups is 1. The van der Waals surface area contributed by atoms with Crippen molar-refractivity contribution in [1.82, 2.24) is 15.1 Å². The van der Waals surface area contributed by atoms with Crippen molar-refractivity contribution in [3.8, 4) is 0 Å². The third kappa shape index (κ3) is 2.94. The maximum absolute atomic E-state index is 9.95. The predicted octanol–water partition coefficient (Wildman–Crippen LogP) is 1.87. The second-order valence-electron chi connectivity index (χ2n) is 4.08. The van der Waals surface area contributed by atoms with Gasteiger partial charge in [-0.2, -0.15) is 16.4 Å². The molecule has 2 aromatic rings. The summed E-state index contributed by atoms with van der Waals surface area (Å²) in [6.45, 7) is 2.61. The molecular weight excluding hydrogens is 234 g/mol. The molecule has 2 atom stereocenters. The lowest BCUT2D eigenvalue weighted by atomic mass is 10.1. The van der Waals surface area contributed by atoms with E-state index in [1.54, 1.807) is 17.5 Å². The molecule has 5 heteroatoms. The van der Waals surface area contributed by atoms with Crippen LogP contribution in [0.3, 0.4) is 0 Å². The van der Waals surface area contributed by atoms with E-state index in [-0.39, 0.29) is 6.04 Å². The Morgan fingerprint density at radius 3 is 2.94 bits per heavy atom. The lowest BCUT2D eigenvalue weighted by Gasteiger charge is -2.16. The summed E-state index contributed by atoms with van der Waals surface area (Å²) in [4.78, 5) is 0. The fourth-order valence-electron chi connectivity index (χ4n) is 1.78. The van der Waals surface area contributed by atoms with E-state index in [1.807, 2.05) is 34.6 Å². The summed E-state index contributed by atoms with van der Waals surface area (Å²) in [7, 11) is 1.92. The van der Waals surface area contributed by atoms with E-state index in [0.717, 1.165) is 11.3 Å². The molecule has 0 radical (unpaired) electrons. The second kappa shape index (κ2) is 5.44. The summed E-state index contributed by atoms with van der Waals surface area (Å²) in [6.07, 6.45) is 1.33. The zero-order valence-corrected chi connectivity index (χ0v) is 10.8. The van der Waals surface area contributed by atoms with Gasteiger partial charge in [-0.1, -0.05) is 0 Å². The van der Waals surface area contributed by atoms with Crippen molar-refractivity contribution < 1.29 is 5.11 Å². The third-order valence-corrected chi connectivity index (χ3v) is 3.55. The highest BCUT2D eigenvalue weighted by Crippen LogP contribution is 2.17. The minimum atomic E-state index is -0.447. The van der Waals surface area contributed by atoms with Gasteiger partial charge in [0, 0.05) is 25.8 Å². The molecule has 0 aliphatic carbocycles. The summed E-state index contributed by atoms with van der Waals surface area (Å²) in [6, 6.07) is 4.11. The normalized spacial score (nSPS) is 14.8. The van der Waals surface area contributed by atoms with E-state index >= 15 is 0 Å². The number of hydrogen-bond donors (Lipinski definition) is 2. The zero-order chi connectivity index (χ0) is 12.3. The molecule has 17 heavy (non-hydrogen) atoms. The first-order valence-corrected chi connectivity index (χ1v) is 6.54. The molecule has 0 saturated carbocycles. The molecule has 2 N–H and O–H groups in total. The molecule has 0 aromatic carbocycles. The molecule has 0 amide bonds. The van der Waals surface area contributed by atoms with Crippen LogP contribution < -0.4 is 5.32 Å². The van der Waals surface area contributed by atoms with E-state index in [0.29, 0.717) is 6.54 Å². The van der Waals surface area contributed by atoms with Gasteiger partial charge in [-0.3, -0.25) is 4.68 Å². The molecular formula is C12H17N3OS. The molecule has 2 unspecified atom stereocenters. The fraction of sp³-hybridized carbons (Fsp3) is 0.417. The number of aromatic nitrogens is 2. The van der Waals surface area contributed by atoms with Gasteiger partial charge < -0.3 is 10.4 Å². The minimum absolute atomic E-state index is 0.177. The van der Waals surface area contributed by atoms with Gasteiger partial charge in [0.1, 0.15) is 0 Å². The average molecular weight is 251 g/mol. The van der Waals surface area contributed by atoms with Crippen LogP contribution in [0.4, 0.5) is 0 Å². The smallest absolute Gasteiger partial charge is 0.0922 e.